The molecule has 24 heavy (non-hydrogen) atoms. The van der Waals surface area contributed by atoms with E-state index in [0.29, 0.717) is 0 Å². The summed E-state index contributed by atoms with van der Waals surface area (Å²) >= 11 is 0. The summed E-state index contributed by atoms with van der Waals surface area (Å²) in [7, 11) is 0. The normalized spacial score (nSPS) is 19.1. The SMILES string of the molecule is C[C@@H](c1ccccc1)N1CC[C@@H](NC(=O)c2ccc([N+](=O)[O-])o2)C1. The summed E-state index contributed by atoms with van der Waals surface area (Å²) in [5, 5.41) is 13.5. The van der Waals surface area contributed by atoms with Gasteiger partial charge in [-0.05, 0) is 25.0 Å². The molecule has 2 atom stereocenters. The van der Waals surface area contributed by atoms with E-state index < -0.39 is 16.7 Å². The van der Waals surface area contributed by atoms with Crippen molar-refractivity contribution in [2.75, 3.05) is 13.1 Å². The van der Waals surface area contributed by atoms with E-state index >= 15 is 0 Å². The number of carbonyl (C=O) groups is 1. The van der Waals surface area contributed by atoms with Gasteiger partial charge in [0.2, 0.25) is 0 Å². The van der Waals surface area contributed by atoms with E-state index in [1.807, 2.05) is 18.2 Å². The number of hydrogen-bond donors (Lipinski definition) is 1. The second kappa shape index (κ2) is 6.84. The van der Waals surface area contributed by atoms with Crippen molar-refractivity contribution >= 4 is 11.8 Å². The van der Waals surface area contributed by atoms with Crippen molar-refractivity contribution in [3.8, 4) is 0 Å². The minimum atomic E-state index is -0.657. The molecule has 1 aromatic carbocycles. The average molecular weight is 329 g/mol. The Morgan fingerprint density at radius 3 is 2.75 bits per heavy atom. The van der Waals surface area contributed by atoms with Crippen LogP contribution in [-0.4, -0.2) is 34.9 Å². The quantitative estimate of drug-likeness (QED) is 0.673. The zero-order valence-corrected chi connectivity index (χ0v) is 13.3. The van der Waals surface area contributed by atoms with Crippen LogP contribution >= 0.6 is 0 Å². The van der Waals surface area contributed by atoms with E-state index in [4.69, 9.17) is 4.42 Å². The van der Waals surface area contributed by atoms with Crippen LogP contribution in [0.15, 0.2) is 46.9 Å². The van der Waals surface area contributed by atoms with Crippen LogP contribution in [0.3, 0.4) is 0 Å². The van der Waals surface area contributed by atoms with E-state index in [1.165, 1.54) is 17.7 Å². The van der Waals surface area contributed by atoms with Crippen LogP contribution in [-0.2, 0) is 0 Å². The first-order valence-corrected chi connectivity index (χ1v) is 7.88. The van der Waals surface area contributed by atoms with E-state index in [2.05, 4.69) is 29.3 Å². The number of amides is 1. The monoisotopic (exact) mass is 329 g/mol. The lowest BCUT2D eigenvalue weighted by Gasteiger charge is -2.24. The van der Waals surface area contributed by atoms with E-state index in [0.717, 1.165) is 19.5 Å². The molecule has 2 heterocycles. The molecule has 0 bridgehead atoms. The Kier molecular flexibility index (Phi) is 4.61. The Balaban J connectivity index is 1.57. The van der Waals surface area contributed by atoms with Crippen LogP contribution in [0.1, 0.15) is 35.5 Å². The fraction of sp³-hybridized carbons (Fsp3) is 0.353. The number of nitro groups is 1. The van der Waals surface area contributed by atoms with Gasteiger partial charge in [0.15, 0.2) is 5.76 Å². The molecule has 1 saturated heterocycles. The van der Waals surface area contributed by atoms with E-state index in [1.54, 1.807) is 0 Å². The minimum Gasteiger partial charge on any atom is -0.395 e. The predicted octanol–water partition coefficient (Wildman–Crippen LogP) is 2.75. The standard InChI is InChI=1S/C17H19N3O4/c1-12(13-5-3-2-4-6-13)19-10-9-14(11-19)18-17(21)15-7-8-16(24-15)20(22)23/h2-8,12,14H,9-11H2,1H3,(H,18,21)/t12-,14+/m0/s1. The van der Waals surface area contributed by atoms with Gasteiger partial charge in [0.25, 0.3) is 5.91 Å². The summed E-state index contributed by atoms with van der Waals surface area (Å²) in [6, 6.07) is 13.0. The number of likely N-dealkylation sites (tertiary alicyclic amines) is 1. The van der Waals surface area contributed by atoms with Crippen molar-refractivity contribution in [1.29, 1.82) is 0 Å². The van der Waals surface area contributed by atoms with Crippen LogP contribution in [0.25, 0.3) is 0 Å². The number of carbonyl (C=O) groups excluding carboxylic acids is 1. The molecule has 0 unspecified atom stereocenters. The summed E-state index contributed by atoms with van der Waals surface area (Å²) in [4.78, 5) is 24.4. The predicted molar refractivity (Wildman–Crippen MR) is 87.7 cm³/mol. The van der Waals surface area contributed by atoms with Crippen molar-refractivity contribution in [3.63, 3.8) is 0 Å². The van der Waals surface area contributed by atoms with Gasteiger partial charge in [-0.15, -0.1) is 0 Å². The zero-order chi connectivity index (χ0) is 17.1. The van der Waals surface area contributed by atoms with Gasteiger partial charge in [0.05, 0.1) is 6.07 Å². The van der Waals surface area contributed by atoms with Crippen LogP contribution in [0.5, 0.6) is 0 Å². The maximum absolute atomic E-state index is 12.1. The topological polar surface area (TPSA) is 88.6 Å². The van der Waals surface area contributed by atoms with E-state index in [-0.39, 0.29) is 17.8 Å². The highest BCUT2D eigenvalue weighted by atomic mass is 16.6. The Morgan fingerprint density at radius 2 is 2.08 bits per heavy atom. The number of rotatable bonds is 5. The molecule has 0 aliphatic carbocycles. The largest absolute Gasteiger partial charge is 0.433 e. The van der Waals surface area contributed by atoms with Gasteiger partial charge in [0.1, 0.15) is 4.92 Å². The highest BCUT2D eigenvalue weighted by Crippen LogP contribution is 2.24. The molecule has 1 aliphatic rings. The molecular formula is C17H19N3O4. The van der Waals surface area contributed by atoms with Gasteiger partial charge in [0, 0.05) is 25.2 Å². The first kappa shape index (κ1) is 16.2. The smallest absolute Gasteiger partial charge is 0.395 e. The van der Waals surface area contributed by atoms with Crippen molar-refractivity contribution < 1.29 is 14.1 Å². The first-order chi connectivity index (χ1) is 11.5. The number of furan rings is 1. The van der Waals surface area contributed by atoms with Gasteiger partial charge in [-0.25, -0.2) is 0 Å². The number of benzene rings is 1. The molecule has 7 heteroatoms. The van der Waals surface area contributed by atoms with E-state index in [9.17, 15) is 14.9 Å². The second-order valence-electron chi connectivity index (χ2n) is 5.94. The Bertz CT molecular complexity index is 728. The molecule has 1 aliphatic heterocycles. The van der Waals surface area contributed by atoms with Gasteiger partial charge in [-0.1, -0.05) is 30.3 Å². The highest BCUT2D eigenvalue weighted by Gasteiger charge is 2.29. The van der Waals surface area contributed by atoms with Crippen LogP contribution in [0.4, 0.5) is 5.88 Å². The minimum absolute atomic E-state index is 0.00724. The molecule has 0 saturated carbocycles. The number of hydrogen-bond acceptors (Lipinski definition) is 5. The summed E-state index contributed by atoms with van der Waals surface area (Å²) in [6.07, 6.45) is 0.839. The number of nitrogens with zero attached hydrogens (tertiary/aromatic N) is 2. The molecule has 0 spiro atoms. The van der Waals surface area contributed by atoms with Crippen molar-refractivity contribution in [1.82, 2.24) is 10.2 Å². The van der Waals surface area contributed by atoms with Gasteiger partial charge in [-0.3, -0.25) is 19.8 Å². The molecule has 0 radical (unpaired) electrons. The fourth-order valence-electron chi connectivity index (χ4n) is 3.00. The van der Waals surface area contributed by atoms with Gasteiger partial charge in [-0.2, -0.15) is 0 Å². The molecule has 7 nitrogen and oxygen atoms in total. The highest BCUT2D eigenvalue weighted by molar-refractivity contribution is 5.91. The lowest BCUT2D eigenvalue weighted by atomic mass is 10.1. The molecule has 1 aromatic heterocycles. The molecule has 126 valence electrons. The molecule has 2 aromatic rings. The first-order valence-electron chi connectivity index (χ1n) is 7.88. The molecule has 3 rings (SSSR count). The Morgan fingerprint density at radius 1 is 1.33 bits per heavy atom. The Hall–Kier alpha value is -2.67. The number of nitrogens with one attached hydrogen (secondary N) is 1. The van der Waals surface area contributed by atoms with Crippen molar-refractivity contribution in [3.05, 3.63) is 63.9 Å². The molecular weight excluding hydrogens is 310 g/mol. The van der Waals surface area contributed by atoms with Gasteiger partial charge >= 0.3 is 5.88 Å². The maximum Gasteiger partial charge on any atom is 0.433 e. The lowest BCUT2D eigenvalue weighted by Crippen LogP contribution is -2.37. The lowest BCUT2D eigenvalue weighted by molar-refractivity contribution is -0.402. The molecule has 1 amide bonds. The summed E-state index contributed by atoms with van der Waals surface area (Å²) < 4.78 is 4.94. The summed E-state index contributed by atoms with van der Waals surface area (Å²) in [5.41, 5.74) is 1.24. The van der Waals surface area contributed by atoms with Crippen LogP contribution in [0.2, 0.25) is 0 Å². The fourth-order valence-corrected chi connectivity index (χ4v) is 3.00. The Labute approximate surface area is 139 Å². The van der Waals surface area contributed by atoms with Crippen molar-refractivity contribution in [2.24, 2.45) is 0 Å². The summed E-state index contributed by atoms with van der Waals surface area (Å²) in [6.45, 7) is 3.78. The molecule has 1 N–H and O–H groups in total. The van der Waals surface area contributed by atoms with Crippen molar-refractivity contribution in [2.45, 2.75) is 25.4 Å². The van der Waals surface area contributed by atoms with Gasteiger partial charge < -0.3 is 9.73 Å². The third-order valence-corrected chi connectivity index (χ3v) is 4.38. The second-order valence-corrected chi connectivity index (χ2v) is 5.94. The van der Waals surface area contributed by atoms with Crippen LogP contribution in [0, 0.1) is 10.1 Å². The third kappa shape index (κ3) is 3.46. The summed E-state index contributed by atoms with van der Waals surface area (Å²) in [5.74, 6) is -0.871. The molecule has 1 fully saturated rings. The zero-order valence-electron chi connectivity index (χ0n) is 13.3. The maximum atomic E-state index is 12.1. The average Bonchev–Trinajstić information content (AvgIpc) is 3.24. The van der Waals surface area contributed by atoms with Crippen LogP contribution < -0.4 is 5.32 Å². The third-order valence-electron chi connectivity index (χ3n) is 4.38.